The predicted molar refractivity (Wildman–Crippen MR) is 77.9 cm³/mol. The molecular weight excluding hydrogens is 238 g/mol. The first-order valence-corrected chi connectivity index (χ1v) is 8.00. The summed E-state index contributed by atoms with van der Waals surface area (Å²) in [7, 11) is 2.16. The molecule has 3 nitrogen and oxygen atoms in total. The van der Waals surface area contributed by atoms with Crippen molar-refractivity contribution in [3.63, 3.8) is 0 Å². The second kappa shape index (κ2) is 6.55. The minimum absolute atomic E-state index is 0.0519. The average Bonchev–Trinajstić information content (AvgIpc) is 2.29. The fourth-order valence-electron chi connectivity index (χ4n) is 3.85. The van der Waals surface area contributed by atoms with Gasteiger partial charge in [-0.2, -0.15) is 0 Å². The van der Waals surface area contributed by atoms with Crippen molar-refractivity contribution in [3.8, 4) is 0 Å². The van der Waals surface area contributed by atoms with Gasteiger partial charge in [-0.05, 0) is 62.8 Å². The second-order valence-electron chi connectivity index (χ2n) is 7.36. The van der Waals surface area contributed by atoms with Gasteiger partial charge in [0, 0.05) is 13.1 Å². The van der Waals surface area contributed by atoms with Gasteiger partial charge in [0.25, 0.3) is 0 Å². The van der Waals surface area contributed by atoms with E-state index >= 15 is 0 Å². The molecule has 0 radical (unpaired) electrons. The summed E-state index contributed by atoms with van der Waals surface area (Å²) in [4.78, 5) is 2.37. The van der Waals surface area contributed by atoms with Crippen LogP contribution in [0.4, 0.5) is 0 Å². The van der Waals surface area contributed by atoms with Crippen LogP contribution in [0.5, 0.6) is 0 Å². The molecule has 0 heterocycles. The number of aliphatic hydroxyl groups excluding tert-OH is 2. The van der Waals surface area contributed by atoms with Gasteiger partial charge >= 0.3 is 0 Å². The van der Waals surface area contributed by atoms with Crippen molar-refractivity contribution in [3.05, 3.63) is 0 Å². The molecule has 0 amide bonds. The lowest BCUT2D eigenvalue weighted by Crippen LogP contribution is -2.42. The highest BCUT2D eigenvalue weighted by Gasteiger charge is 2.33. The average molecular weight is 269 g/mol. The van der Waals surface area contributed by atoms with Gasteiger partial charge in [0.15, 0.2) is 0 Å². The van der Waals surface area contributed by atoms with Crippen LogP contribution in [0.3, 0.4) is 0 Å². The third-order valence-electron chi connectivity index (χ3n) is 5.25. The first-order valence-electron chi connectivity index (χ1n) is 8.00. The van der Waals surface area contributed by atoms with E-state index in [9.17, 15) is 10.2 Å². The monoisotopic (exact) mass is 269 g/mol. The third-order valence-corrected chi connectivity index (χ3v) is 5.25. The van der Waals surface area contributed by atoms with E-state index in [1.54, 1.807) is 0 Å². The van der Waals surface area contributed by atoms with Crippen molar-refractivity contribution in [2.45, 2.75) is 58.2 Å². The van der Waals surface area contributed by atoms with E-state index in [1.807, 2.05) is 0 Å². The summed E-state index contributed by atoms with van der Waals surface area (Å²) in [5, 5.41) is 19.5. The standard InChI is InChI=1S/C16H31NO2/c1-11(2)13-4-5-16(19)14(8-13)10-17(3)9-12-6-15(18)7-12/h11-16,18-19H,4-10H2,1-3H3. The smallest absolute Gasteiger partial charge is 0.0580 e. The van der Waals surface area contributed by atoms with Crippen molar-refractivity contribution in [2.75, 3.05) is 20.1 Å². The first kappa shape index (κ1) is 15.3. The van der Waals surface area contributed by atoms with Crippen LogP contribution in [0.15, 0.2) is 0 Å². The summed E-state index contributed by atoms with van der Waals surface area (Å²) < 4.78 is 0. The van der Waals surface area contributed by atoms with Gasteiger partial charge in [0.1, 0.15) is 0 Å². The maximum absolute atomic E-state index is 10.2. The highest BCUT2D eigenvalue weighted by molar-refractivity contribution is 4.85. The van der Waals surface area contributed by atoms with E-state index in [1.165, 1.54) is 12.8 Å². The summed E-state index contributed by atoms with van der Waals surface area (Å²) in [6, 6.07) is 0. The highest BCUT2D eigenvalue weighted by atomic mass is 16.3. The molecule has 3 heteroatoms. The van der Waals surface area contributed by atoms with E-state index in [-0.39, 0.29) is 12.2 Å². The quantitative estimate of drug-likeness (QED) is 0.803. The molecule has 2 fully saturated rings. The summed E-state index contributed by atoms with van der Waals surface area (Å²) in [5.41, 5.74) is 0. The summed E-state index contributed by atoms with van der Waals surface area (Å²) in [6.07, 6.45) is 5.11. The Morgan fingerprint density at radius 3 is 2.32 bits per heavy atom. The van der Waals surface area contributed by atoms with Crippen LogP contribution >= 0.6 is 0 Å². The largest absolute Gasteiger partial charge is 0.393 e. The number of nitrogens with zero attached hydrogens (tertiary/aromatic N) is 1. The molecule has 2 N–H and O–H groups in total. The molecular formula is C16H31NO2. The van der Waals surface area contributed by atoms with Crippen LogP contribution < -0.4 is 0 Å². The molecule has 0 aromatic rings. The zero-order chi connectivity index (χ0) is 14.0. The molecule has 3 atom stereocenters. The van der Waals surface area contributed by atoms with Gasteiger partial charge in [-0.1, -0.05) is 13.8 Å². The van der Waals surface area contributed by atoms with Gasteiger partial charge in [0.05, 0.1) is 12.2 Å². The topological polar surface area (TPSA) is 43.7 Å². The van der Waals surface area contributed by atoms with E-state index in [0.29, 0.717) is 11.8 Å². The number of aliphatic hydroxyl groups is 2. The van der Waals surface area contributed by atoms with Gasteiger partial charge in [-0.3, -0.25) is 0 Å². The maximum Gasteiger partial charge on any atom is 0.0580 e. The van der Waals surface area contributed by atoms with Crippen LogP contribution in [0.25, 0.3) is 0 Å². The molecule has 0 bridgehead atoms. The lowest BCUT2D eigenvalue weighted by atomic mass is 9.74. The summed E-state index contributed by atoms with van der Waals surface area (Å²) >= 11 is 0. The Labute approximate surface area is 118 Å². The molecule has 2 aliphatic carbocycles. The van der Waals surface area contributed by atoms with Crippen LogP contribution in [0, 0.1) is 23.7 Å². The molecule has 0 aliphatic heterocycles. The normalized spacial score (nSPS) is 39.6. The van der Waals surface area contributed by atoms with Crippen LogP contribution in [-0.4, -0.2) is 47.5 Å². The minimum Gasteiger partial charge on any atom is -0.393 e. The van der Waals surface area contributed by atoms with E-state index in [0.717, 1.165) is 44.2 Å². The van der Waals surface area contributed by atoms with Gasteiger partial charge in [-0.15, -0.1) is 0 Å². The molecule has 2 rings (SSSR count). The van der Waals surface area contributed by atoms with Crippen LogP contribution in [0.2, 0.25) is 0 Å². The summed E-state index contributed by atoms with van der Waals surface area (Å²) in [6.45, 7) is 6.70. The van der Waals surface area contributed by atoms with Crippen molar-refractivity contribution < 1.29 is 10.2 Å². The fraction of sp³-hybridized carbons (Fsp3) is 1.00. The summed E-state index contributed by atoms with van der Waals surface area (Å²) in [5.74, 6) is 2.63. The Morgan fingerprint density at radius 2 is 1.74 bits per heavy atom. The van der Waals surface area contributed by atoms with Crippen molar-refractivity contribution in [1.29, 1.82) is 0 Å². The molecule has 112 valence electrons. The number of hydrogen-bond acceptors (Lipinski definition) is 3. The first-order chi connectivity index (χ1) is 8.95. The van der Waals surface area contributed by atoms with E-state index in [4.69, 9.17) is 0 Å². The Bertz CT molecular complexity index is 276. The molecule has 3 unspecified atom stereocenters. The molecule has 2 aliphatic rings. The Morgan fingerprint density at radius 1 is 1.05 bits per heavy atom. The van der Waals surface area contributed by atoms with Gasteiger partial charge in [-0.25, -0.2) is 0 Å². The van der Waals surface area contributed by atoms with Gasteiger partial charge in [0.2, 0.25) is 0 Å². The Kier molecular flexibility index (Phi) is 5.27. The third kappa shape index (κ3) is 4.17. The molecule has 0 aromatic carbocycles. The lowest BCUT2D eigenvalue weighted by molar-refractivity contribution is 0.00208. The predicted octanol–water partition coefficient (Wildman–Crippen LogP) is 2.12. The maximum atomic E-state index is 10.2. The minimum atomic E-state index is -0.107. The molecule has 2 saturated carbocycles. The van der Waals surface area contributed by atoms with Crippen LogP contribution in [-0.2, 0) is 0 Å². The Hall–Kier alpha value is -0.120. The van der Waals surface area contributed by atoms with Crippen molar-refractivity contribution >= 4 is 0 Å². The second-order valence-corrected chi connectivity index (χ2v) is 7.36. The van der Waals surface area contributed by atoms with Crippen LogP contribution in [0.1, 0.15) is 46.0 Å². The van der Waals surface area contributed by atoms with Crippen molar-refractivity contribution in [1.82, 2.24) is 4.90 Å². The zero-order valence-electron chi connectivity index (χ0n) is 12.8. The van der Waals surface area contributed by atoms with E-state index in [2.05, 4.69) is 25.8 Å². The SMILES string of the molecule is CC(C)C1CCC(O)C(CN(C)CC2CC(O)C2)C1. The van der Waals surface area contributed by atoms with E-state index < -0.39 is 0 Å². The molecule has 0 aromatic heterocycles. The van der Waals surface area contributed by atoms with Crippen molar-refractivity contribution in [2.24, 2.45) is 23.7 Å². The number of hydrogen-bond donors (Lipinski definition) is 2. The van der Waals surface area contributed by atoms with Gasteiger partial charge < -0.3 is 15.1 Å². The highest BCUT2D eigenvalue weighted by Crippen LogP contribution is 2.35. The molecule has 0 saturated heterocycles. The Balaban J connectivity index is 1.76. The lowest BCUT2D eigenvalue weighted by Gasteiger charge is -2.39. The molecule has 0 spiro atoms. The fourth-order valence-corrected chi connectivity index (χ4v) is 3.85. The number of rotatable bonds is 5. The zero-order valence-corrected chi connectivity index (χ0v) is 12.8. The molecule has 19 heavy (non-hydrogen) atoms.